The molecule has 0 aliphatic carbocycles. The number of hydrogen-bond donors (Lipinski definition) is 0. The minimum absolute atomic E-state index is 0.400. The van der Waals surface area contributed by atoms with Crippen molar-refractivity contribution in [2.45, 2.75) is 52.0 Å². The van der Waals surface area contributed by atoms with Crippen LogP contribution >= 0.6 is 0 Å². The molecule has 0 N–H and O–H groups in total. The molecule has 100 valence electrons. The van der Waals surface area contributed by atoms with Crippen molar-refractivity contribution in [3.63, 3.8) is 0 Å². The molecule has 0 saturated heterocycles. The molecule has 0 amide bonds. The molecule has 0 spiro atoms. The van der Waals surface area contributed by atoms with Gasteiger partial charge in [0, 0.05) is 25.3 Å². The molecule has 0 radical (unpaired) electrons. The van der Waals surface area contributed by atoms with E-state index in [4.69, 9.17) is 0 Å². The lowest BCUT2D eigenvalue weighted by Crippen LogP contribution is -2.27. The van der Waals surface area contributed by atoms with Crippen LogP contribution in [-0.4, -0.2) is 15.9 Å². The van der Waals surface area contributed by atoms with Crippen molar-refractivity contribution in [2.75, 3.05) is 0 Å². The monoisotopic (exact) mass is 258 g/mol. The van der Waals surface area contributed by atoms with Gasteiger partial charge >= 0.3 is 6.18 Å². The van der Waals surface area contributed by atoms with Crippen LogP contribution in [0, 0.1) is 0 Å². The van der Waals surface area contributed by atoms with Crippen molar-refractivity contribution in [3.8, 4) is 0 Å². The number of pyridine rings is 1. The molecule has 1 aromatic rings. The fourth-order valence-corrected chi connectivity index (χ4v) is 2.38. The highest BCUT2D eigenvalue weighted by atomic mass is 19.4. The number of hydrogen-bond acceptors (Lipinski definition) is 2. The molecule has 5 heteroatoms. The van der Waals surface area contributed by atoms with E-state index in [-0.39, 0.29) is 0 Å². The second-order valence-corrected chi connectivity index (χ2v) is 4.88. The summed E-state index contributed by atoms with van der Waals surface area (Å²) in [5.41, 5.74) is 0.900. The summed E-state index contributed by atoms with van der Waals surface area (Å²) in [4.78, 5) is 5.71. The van der Waals surface area contributed by atoms with Crippen molar-refractivity contribution in [3.05, 3.63) is 29.1 Å². The Hall–Kier alpha value is -1.10. The first-order valence-electron chi connectivity index (χ1n) is 6.21. The summed E-state index contributed by atoms with van der Waals surface area (Å²) >= 11 is 0. The van der Waals surface area contributed by atoms with Gasteiger partial charge in [0.1, 0.15) is 5.69 Å². The van der Waals surface area contributed by atoms with Gasteiger partial charge in [0.2, 0.25) is 0 Å². The van der Waals surface area contributed by atoms with Crippen molar-refractivity contribution in [1.82, 2.24) is 9.88 Å². The number of aromatic nitrogens is 1. The molecule has 0 bridgehead atoms. The van der Waals surface area contributed by atoms with Gasteiger partial charge in [-0.2, -0.15) is 13.2 Å². The smallest absolute Gasteiger partial charge is 0.292 e. The highest BCUT2D eigenvalue weighted by molar-refractivity contribution is 5.31. The van der Waals surface area contributed by atoms with Gasteiger partial charge in [-0.1, -0.05) is 13.3 Å². The number of nitrogens with zero attached hydrogens (tertiary/aromatic N) is 2. The molecular formula is C13H17F3N2. The molecule has 18 heavy (non-hydrogen) atoms. The Morgan fingerprint density at radius 1 is 1.33 bits per heavy atom. The van der Waals surface area contributed by atoms with E-state index >= 15 is 0 Å². The third kappa shape index (κ3) is 2.66. The SMILES string of the molecule is CCCC(C)N1Cc2cnc(C(F)(F)F)cc2C1. The standard InChI is InChI=1S/C13H17F3N2/c1-3-4-9(2)18-7-10-5-12(13(14,15)16)17-6-11(10)8-18/h5-6,9H,3-4,7-8H2,1-2H3. The molecule has 2 nitrogen and oxygen atoms in total. The van der Waals surface area contributed by atoms with Gasteiger partial charge in [0.05, 0.1) is 0 Å². The summed E-state index contributed by atoms with van der Waals surface area (Å²) in [6.45, 7) is 5.54. The summed E-state index contributed by atoms with van der Waals surface area (Å²) in [5.74, 6) is 0. The maximum Gasteiger partial charge on any atom is 0.433 e. The van der Waals surface area contributed by atoms with Crippen LogP contribution in [0.15, 0.2) is 12.3 Å². The molecule has 1 aliphatic rings. The van der Waals surface area contributed by atoms with E-state index in [0.717, 1.165) is 24.0 Å². The van der Waals surface area contributed by atoms with E-state index in [1.165, 1.54) is 12.3 Å². The van der Waals surface area contributed by atoms with Gasteiger partial charge in [-0.25, -0.2) is 0 Å². The van der Waals surface area contributed by atoms with Crippen LogP contribution in [-0.2, 0) is 19.3 Å². The van der Waals surface area contributed by atoms with Crippen molar-refractivity contribution in [1.29, 1.82) is 0 Å². The zero-order chi connectivity index (χ0) is 13.3. The Balaban J connectivity index is 2.15. The lowest BCUT2D eigenvalue weighted by Gasteiger charge is -2.23. The van der Waals surface area contributed by atoms with Crippen LogP contribution in [0.2, 0.25) is 0 Å². The minimum atomic E-state index is -4.35. The van der Waals surface area contributed by atoms with Gasteiger partial charge in [-0.15, -0.1) is 0 Å². The zero-order valence-electron chi connectivity index (χ0n) is 10.6. The third-order valence-electron chi connectivity index (χ3n) is 3.45. The van der Waals surface area contributed by atoms with Gasteiger partial charge < -0.3 is 0 Å². The number of rotatable bonds is 3. The van der Waals surface area contributed by atoms with Crippen LogP contribution in [0.5, 0.6) is 0 Å². The Kier molecular flexibility index (Phi) is 3.61. The average molecular weight is 258 g/mol. The highest BCUT2D eigenvalue weighted by Gasteiger charge is 2.34. The van der Waals surface area contributed by atoms with E-state index in [1.807, 2.05) is 0 Å². The second-order valence-electron chi connectivity index (χ2n) is 4.88. The molecule has 1 aromatic heterocycles. The van der Waals surface area contributed by atoms with E-state index < -0.39 is 11.9 Å². The summed E-state index contributed by atoms with van der Waals surface area (Å²) < 4.78 is 37.7. The normalized spacial score (nSPS) is 17.8. The summed E-state index contributed by atoms with van der Waals surface area (Å²) in [7, 11) is 0. The van der Waals surface area contributed by atoms with Gasteiger partial charge in [0.25, 0.3) is 0 Å². The topological polar surface area (TPSA) is 16.1 Å². The Labute approximate surface area is 105 Å². The van der Waals surface area contributed by atoms with E-state index in [1.54, 1.807) is 0 Å². The lowest BCUT2D eigenvalue weighted by atomic mass is 10.1. The van der Waals surface area contributed by atoms with Gasteiger partial charge in [0.15, 0.2) is 0 Å². The predicted octanol–water partition coefficient (Wildman–Crippen LogP) is 3.60. The van der Waals surface area contributed by atoms with E-state index in [9.17, 15) is 13.2 Å². The first kappa shape index (κ1) is 13.3. The Bertz CT molecular complexity index is 429. The molecule has 0 saturated carbocycles. The molecule has 1 aliphatic heterocycles. The van der Waals surface area contributed by atoms with Crippen molar-refractivity contribution >= 4 is 0 Å². The van der Waals surface area contributed by atoms with Crippen LogP contribution in [0.3, 0.4) is 0 Å². The fraction of sp³-hybridized carbons (Fsp3) is 0.615. The maximum atomic E-state index is 12.6. The zero-order valence-corrected chi connectivity index (χ0v) is 10.6. The largest absolute Gasteiger partial charge is 0.433 e. The number of alkyl halides is 3. The fourth-order valence-electron chi connectivity index (χ4n) is 2.38. The minimum Gasteiger partial charge on any atom is -0.292 e. The third-order valence-corrected chi connectivity index (χ3v) is 3.45. The average Bonchev–Trinajstić information content (AvgIpc) is 2.70. The van der Waals surface area contributed by atoms with E-state index in [0.29, 0.717) is 19.1 Å². The molecule has 1 unspecified atom stereocenters. The lowest BCUT2D eigenvalue weighted by molar-refractivity contribution is -0.141. The molecule has 2 heterocycles. The van der Waals surface area contributed by atoms with Crippen molar-refractivity contribution < 1.29 is 13.2 Å². The Morgan fingerprint density at radius 2 is 2.00 bits per heavy atom. The number of fused-ring (bicyclic) bond motifs is 1. The van der Waals surface area contributed by atoms with Crippen LogP contribution in [0.25, 0.3) is 0 Å². The molecule has 0 aromatic carbocycles. The van der Waals surface area contributed by atoms with E-state index in [2.05, 4.69) is 23.7 Å². The Morgan fingerprint density at radius 3 is 2.61 bits per heavy atom. The summed E-state index contributed by atoms with van der Waals surface area (Å²) in [5, 5.41) is 0. The van der Waals surface area contributed by atoms with Crippen LogP contribution in [0.4, 0.5) is 13.2 Å². The molecule has 0 fully saturated rings. The van der Waals surface area contributed by atoms with Gasteiger partial charge in [-0.3, -0.25) is 9.88 Å². The van der Waals surface area contributed by atoms with Crippen molar-refractivity contribution in [2.24, 2.45) is 0 Å². The van der Waals surface area contributed by atoms with Crippen LogP contribution < -0.4 is 0 Å². The summed E-state index contributed by atoms with van der Waals surface area (Å²) in [6, 6.07) is 1.59. The maximum absolute atomic E-state index is 12.6. The van der Waals surface area contributed by atoms with Crippen LogP contribution in [0.1, 0.15) is 43.5 Å². The highest BCUT2D eigenvalue weighted by Crippen LogP contribution is 2.32. The quantitative estimate of drug-likeness (QED) is 0.823. The number of halogens is 3. The molecule has 2 rings (SSSR count). The first-order valence-corrected chi connectivity index (χ1v) is 6.21. The van der Waals surface area contributed by atoms with Gasteiger partial charge in [-0.05, 0) is 30.5 Å². The predicted molar refractivity (Wildman–Crippen MR) is 62.9 cm³/mol. The summed E-state index contributed by atoms with van der Waals surface area (Å²) in [6.07, 6.45) is -0.831. The molecule has 1 atom stereocenters. The second kappa shape index (κ2) is 4.88. The first-order chi connectivity index (χ1) is 8.41. The molecular weight excluding hydrogens is 241 g/mol.